The first-order valence-electron chi connectivity index (χ1n) is 10.5. The van der Waals surface area contributed by atoms with Crippen LogP contribution in [0.5, 0.6) is 5.75 Å². The van der Waals surface area contributed by atoms with E-state index in [-0.39, 0.29) is 42.0 Å². The highest BCUT2D eigenvalue weighted by Crippen LogP contribution is 2.35. The molecule has 1 aliphatic carbocycles. The second kappa shape index (κ2) is 9.11. The molecule has 2 aliphatic rings. The molecular formula is C21H33N3O5S. The van der Waals surface area contributed by atoms with Crippen LogP contribution < -0.4 is 9.46 Å². The van der Waals surface area contributed by atoms with E-state index in [1.54, 1.807) is 30.0 Å². The van der Waals surface area contributed by atoms with Crippen molar-refractivity contribution in [3.8, 4) is 5.75 Å². The smallest absolute Gasteiger partial charge is 0.258 e. The second-order valence-electron chi connectivity index (χ2n) is 8.84. The number of carbonyl (C=O) groups excluding carboxylic acids is 1. The van der Waals surface area contributed by atoms with Crippen LogP contribution >= 0.6 is 0 Å². The van der Waals surface area contributed by atoms with E-state index < -0.39 is 10.0 Å². The minimum Gasteiger partial charge on any atom is -0.486 e. The van der Waals surface area contributed by atoms with Crippen molar-refractivity contribution < 1.29 is 23.1 Å². The van der Waals surface area contributed by atoms with Crippen LogP contribution in [0.4, 0.5) is 5.69 Å². The molecule has 2 N–H and O–H groups in total. The molecule has 1 aromatic carbocycles. The number of nitrogens with one attached hydrogen (secondary N) is 1. The molecule has 0 unspecified atom stereocenters. The van der Waals surface area contributed by atoms with E-state index in [4.69, 9.17) is 4.74 Å². The zero-order chi connectivity index (χ0) is 22.1. The number of fused-ring (bicyclic) bond motifs is 1. The van der Waals surface area contributed by atoms with Crippen LogP contribution in [0.15, 0.2) is 18.2 Å². The predicted molar refractivity (Wildman–Crippen MR) is 116 cm³/mol. The van der Waals surface area contributed by atoms with Gasteiger partial charge in [0.05, 0.1) is 30.2 Å². The van der Waals surface area contributed by atoms with Crippen molar-refractivity contribution in [2.75, 3.05) is 44.3 Å². The molecule has 3 atom stereocenters. The summed E-state index contributed by atoms with van der Waals surface area (Å²) >= 11 is 0. The quantitative estimate of drug-likeness (QED) is 0.639. The summed E-state index contributed by atoms with van der Waals surface area (Å²) < 4.78 is 32.6. The molecule has 168 valence electrons. The van der Waals surface area contributed by atoms with E-state index in [0.29, 0.717) is 18.7 Å². The topological polar surface area (TPSA) is 99.2 Å². The van der Waals surface area contributed by atoms with Crippen LogP contribution in [0, 0.1) is 11.8 Å². The zero-order valence-electron chi connectivity index (χ0n) is 18.2. The van der Waals surface area contributed by atoms with Gasteiger partial charge in [-0.05, 0) is 44.9 Å². The third-order valence-electron chi connectivity index (χ3n) is 5.74. The molecule has 0 bridgehead atoms. The first kappa shape index (κ1) is 22.8. The zero-order valence-corrected chi connectivity index (χ0v) is 19.0. The van der Waals surface area contributed by atoms with Gasteiger partial charge in [0.2, 0.25) is 10.0 Å². The summed E-state index contributed by atoms with van der Waals surface area (Å²) in [4.78, 5) is 17.2. The molecule has 1 aromatic rings. The Morgan fingerprint density at radius 3 is 2.63 bits per heavy atom. The van der Waals surface area contributed by atoms with Gasteiger partial charge in [-0.2, -0.15) is 0 Å². The fourth-order valence-corrected chi connectivity index (χ4v) is 4.42. The standard InChI is InChI=1S/C21H33N3O5S/c1-14-10-24(15(2)13-25)21(26)17-6-5-7-18(22-30(4,27)28)20(17)29-19(14)12-23(3)11-16-8-9-16/h5-7,14-16,19,22,25H,8-13H2,1-4H3/t14-,15+,19-/m1/s1. The average molecular weight is 440 g/mol. The lowest BCUT2D eigenvalue weighted by Crippen LogP contribution is -2.50. The average Bonchev–Trinajstić information content (AvgIpc) is 3.47. The van der Waals surface area contributed by atoms with E-state index in [0.717, 1.165) is 18.7 Å². The Hall–Kier alpha value is -1.84. The SMILES string of the molecule is C[C@@H]1CN([C@@H](C)CO)C(=O)c2cccc(NS(C)(=O)=O)c2O[C@@H]1CN(C)CC1CC1. The van der Waals surface area contributed by atoms with Crippen LogP contribution in [0.25, 0.3) is 0 Å². The van der Waals surface area contributed by atoms with Crippen molar-refractivity contribution >= 4 is 21.6 Å². The summed E-state index contributed by atoms with van der Waals surface area (Å²) in [6.45, 7) is 5.79. The first-order chi connectivity index (χ1) is 14.1. The Morgan fingerprint density at radius 1 is 1.33 bits per heavy atom. The van der Waals surface area contributed by atoms with E-state index in [1.807, 2.05) is 6.92 Å². The van der Waals surface area contributed by atoms with Crippen molar-refractivity contribution in [1.82, 2.24) is 9.80 Å². The summed E-state index contributed by atoms with van der Waals surface area (Å²) in [5.41, 5.74) is 0.551. The summed E-state index contributed by atoms with van der Waals surface area (Å²) in [7, 11) is -1.49. The molecule has 9 heteroatoms. The molecule has 8 nitrogen and oxygen atoms in total. The van der Waals surface area contributed by atoms with Crippen LogP contribution in [0.3, 0.4) is 0 Å². The number of ether oxygens (including phenoxy) is 1. The van der Waals surface area contributed by atoms with Gasteiger partial charge in [-0.15, -0.1) is 0 Å². The predicted octanol–water partition coefficient (Wildman–Crippen LogP) is 1.62. The molecule has 1 heterocycles. The van der Waals surface area contributed by atoms with E-state index in [9.17, 15) is 18.3 Å². The maximum atomic E-state index is 13.3. The van der Waals surface area contributed by atoms with Crippen molar-refractivity contribution in [2.24, 2.45) is 11.8 Å². The highest BCUT2D eigenvalue weighted by Gasteiger charge is 2.35. The molecule has 1 aliphatic heterocycles. The van der Waals surface area contributed by atoms with Gasteiger partial charge in [-0.25, -0.2) is 8.42 Å². The number of hydrogen-bond donors (Lipinski definition) is 2. The van der Waals surface area contributed by atoms with Gasteiger partial charge >= 0.3 is 0 Å². The van der Waals surface area contributed by atoms with E-state index >= 15 is 0 Å². The van der Waals surface area contributed by atoms with Crippen molar-refractivity contribution in [1.29, 1.82) is 0 Å². The normalized spacial score (nSPS) is 23.4. The number of sulfonamides is 1. The van der Waals surface area contributed by atoms with Crippen molar-refractivity contribution in [2.45, 2.75) is 38.8 Å². The Balaban J connectivity index is 1.99. The number of amides is 1. The lowest BCUT2D eigenvalue weighted by molar-refractivity contribution is 0.0346. The monoisotopic (exact) mass is 439 g/mol. The summed E-state index contributed by atoms with van der Waals surface area (Å²) in [6, 6.07) is 4.52. The maximum Gasteiger partial charge on any atom is 0.258 e. The Morgan fingerprint density at radius 2 is 2.03 bits per heavy atom. The number of rotatable bonds is 8. The molecule has 0 aromatic heterocycles. The fourth-order valence-electron chi connectivity index (χ4n) is 3.86. The summed E-state index contributed by atoms with van der Waals surface area (Å²) in [5, 5.41) is 9.70. The fraction of sp³-hybridized carbons (Fsp3) is 0.667. The summed E-state index contributed by atoms with van der Waals surface area (Å²) in [5.74, 6) is 0.699. The Bertz CT molecular complexity index is 871. The molecule has 0 radical (unpaired) electrons. The van der Waals surface area contributed by atoms with Gasteiger partial charge < -0.3 is 19.6 Å². The van der Waals surface area contributed by atoms with Crippen LogP contribution in [0.2, 0.25) is 0 Å². The van der Waals surface area contributed by atoms with Crippen LogP contribution in [-0.2, 0) is 10.0 Å². The molecule has 0 spiro atoms. The number of carbonyl (C=O) groups is 1. The van der Waals surface area contributed by atoms with E-state index in [1.165, 1.54) is 12.8 Å². The van der Waals surface area contributed by atoms with Crippen LogP contribution in [0.1, 0.15) is 37.0 Å². The van der Waals surface area contributed by atoms with Crippen LogP contribution in [-0.4, -0.2) is 80.9 Å². The lowest BCUT2D eigenvalue weighted by atomic mass is 9.99. The lowest BCUT2D eigenvalue weighted by Gasteiger charge is -2.38. The molecule has 0 saturated heterocycles. The van der Waals surface area contributed by atoms with Gasteiger partial charge in [0.25, 0.3) is 5.91 Å². The molecule has 30 heavy (non-hydrogen) atoms. The number of benzene rings is 1. The Labute approximate surface area is 179 Å². The molecule has 1 amide bonds. The maximum absolute atomic E-state index is 13.3. The molecule has 1 fully saturated rings. The number of para-hydroxylation sites is 1. The van der Waals surface area contributed by atoms with Gasteiger partial charge in [0.1, 0.15) is 6.10 Å². The van der Waals surface area contributed by atoms with Gasteiger partial charge in [0, 0.05) is 25.6 Å². The van der Waals surface area contributed by atoms with Gasteiger partial charge in [-0.3, -0.25) is 9.52 Å². The number of likely N-dealkylation sites (N-methyl/N-ethyl adjacent to an activating group) is 1. The van der Waals surface area contributed by atoms with Gasteiger partial charge in [0.15, 0.2) is 5.75 Å². The number of aliphatic hydroxyl groups is 1. The number of anilines is 1. The minimum atomic E-state index is -3.55. The highest BCUT2D eigenvalue weighted by molar-refractivity contribution is 7.92. The first-order valence-corrected chi connectivity index (χ1v) is 12.4. The number of nitrogens with zero attached hydrogens (tertiary/aromatic N) is 2. The minimum absolute atomic E-state index is 0.0101. The largest absolute Gasteiger partial charge is 0.486 e. The number of hydrogen-bond acceptors (Lipinski definition) is 6. The third-order valence-corrected chi connectivity index (χ3v) is 6.34. The Kier molecular flexibility index (Phi) is 6.94. The molecule has 1 saturated carbocycles. The number of aliphatic hydroxyl groups excluding tert-OH is 1. The van der Waals surface area contributed by atoms with E-state index in [2.05, 4.69) is 16.7 Å². The van der Waals surface area contributed by atoms with Crippen molar-refractivity contribution in [3.05, 3.63) is 23.8 Å². The highest BCUT2D eigenvalue weighted by atomic mass is 32.2. The molecule has 3 rings (SSSR count). The van der Waals surface area contributed by atoms with Crippen molar-refractivity contribution in [3.63, 3.8) is 0 Å². The van der Waals surface area contributed by atoms with Gasteiger partial charge in [-0.1, -0.05) is 13.0 Å². The summed E-state index contributed by atoms with van der Waals surface area (Å²) in [6.07, 6.45) is 3.34. The second-order valence-corrected chi connectivity index (χ2v) is 10.6. The third kappa shape index (κ3) is 5.65. The molecular weight excluding hydrogens is 406 g/mol.